The fraction of sp³-hybridized carbons (Fsp3) is 0.692. The summed E-state index contributed by atoms with van der Waals surface area (Å²) < 4.78 is 5.35. The van der Waals surface area contributed by atoms with Crippen molar-refractivity contribution in [3.05, 3.63) is 18.1 Å². The van der Waals surface area contributed by atoms with Crippen molar-refractivity contribution in [1.29, 1.82) is 0 Å². The summed E-state index contributed by atoms with van der Waals surface area (Å²) in [5.41, 5.74) is 0.992. The van der Waals surface area contributed by atoms with Crippen LogP contribution in [-0.4, -0.2) is 29.2 Å². The molecular weight excluding hydrogens is 214 g/mol. The van der Waals surface area contributed by atoms with Gasteiger partial charge in [0.15, 0.2) is 0 Å². The van der Waals surface area contributed by atoms with E-state index in [4.69, 9.17) is 4.74 Å². The number of nitrogens with one attached hydrogen (secondary N) is 1. The summed E-state index contributed by atoms with van der Waals surface area (Å²) in [5.74, 6) is 0.621. The average Bonchev–Trinajstić information content (AvgIpc) is 2.35. The van der Waals surface area contributed by atoms with Crippen LogP contribution in [0.4, 0.5) is 0 Å². The van der Waals surface area contributed by atoms with Crippen LogP contribution in [0.2, 0.25) is 0 Å². The molecule has 1 N–H and O–H groups in total. The van der Waals surface area contributed by atoms with Crippen molar-refractivity contribution in [2.24, 2.45) is 0 Å². The van der Waals surface area contributed by atoms with Gasteiger partial charge in [-0.25, -0.2) is 4.98 Å². The van der Waals surface area contributed by atoms with Gasteiger partial charge in [0.25, 0.3) is 0 Å². The van der Waals surface area contributed by atoms with Gasteiger partial charge in [-0.2, -0.15) is 0 Å². The van der Waals surface area contributed by atoms with Gasteiger partial charge in [-0.3, -0.25) is 4.98 Å². The predicted molar refractivity (Wildman–Crippen MR) is 69.3 cm³/mol. The van der Waals surface area contributed by atoms with Crippen molar-refractivity contribution < 1.29 is 4.74 Å². The zero-order valence-electron chi connectivity index (χ0n) is 11.1. The van der Waals surface area contributed by atoms with Crippen LogP contribution in [0.1, 0.15) is 39.3 Å². The Balaban J connectivity index is 2.55. The molecule has 0 aliphatic carbocycles. The maximum Gasteiger partial charge on any atom is 0.232 e. The van der Waals surface area contributed by atoms with Crippen LogP contribution in [-0.2, 0) is 6.42 Å². The van der Waals surface area contributed by atoms with E-state index in [1.165, 1.54) is 0 Å². The van der Waals surface area contributed by atoms with Crippen molar-refractivity contribution >= 4 is 0 Å². The lowest BCUT2D eigenvalue weighted by Gasteiger charge is -2.16. The van der Waals surface area contributed by atoms with Crippen LogP contribution in [0.25, 0.3) is 0 Å². The molecule has 1 heterocycles. The van der Waals surface area contributed by atoms with Crippen LogP contribution >= 0.6 is 0 Å². The Hall–Kier alpha value is -1.16. The first-order valence-electron chi connectivity index (χ1n) is 6.47. The second kappa shape index (κ2) is 8.01. The fourth-order valence-corrected chi connectivity index (χ4v) is 1.66. The Labute approximate surface area is 104 Å². The summed E-state index contributed by atoms with van der Waals surface area (Å²) in [5, 5.41) is 3.51. The zero-order chi connectivity index (χ0) is 12.5. The first kappa shape index (κ1) is 13.9. The van der Waals surface area contributed by atoms with E-state index in [0.717, 1.165) is 31.5 Å². The molecule has 0 aromatic carbocycles. The van der Waals surface area contributed by atoms with Crippen molar-refractivity contribution in [3.63, 3.8) is 0 Å². The summed E-state index contributed by atoms with van der Waals surface area (Å²) in [6.45, 7) is 7.99. The number of ether oxygens (including phenoxy) is 1. The molecule has 0 spiro atoms. The van der Waals surface area contributed by atoms with Crippen molar-refractivity contribution in [2.45, 2.75) is 46.1 Å². The lowest BCUT2D eigenvalue weighted by atomic mass is 10.1. The van der Waals surface area contributed by atoms with Crippen LogP contribution in [0, 0.1) is 0 Å². The monoisotopic (exact) mass is 237 g/mol. The average molecular weight is 237 g/mol. The number of hydrogen-bond acceptors (Lipinski definition) is 4. The molecule has 1 aromatic rings. The summed E-state index contributed by atoms with van der Waals surface area (Å²) in [7, 11) is 0. The molecule has 0 aliphatic rings. The molecule has 0 saturated heterocycles. The molecule has 0 fully saturated rings. The number of aromatic nitrogens is 2. The van der Waals surface area contributed by atoms with E-state index >= 15 is 0 Å². The van der Waals surface area contributed by atoms with Gasteiger partial charge in [0.2, 0.25) is 5.88 Å². The third kappa shape index (κ3) is 5.13. The van der Waals surface area contributed by atoms with E-state index in [1.54, 1.807) is 6.20 Å². The molecule has 1 rings (SSSR count). The van der Waals surface area contributed by atoms with Gasteiger partial charge in [0.1, 0.15) is 0 Å². The smallest absolute Gasteiger partial charge is 0.232 e. The lowest BCUT2D eigenvalue weighted by Crippen LogP contribution is -2.31. The summed E-state index contributed by atoms with van der Waals surface area (Å²) in [6, 6.07) is 0.473. The highest BCUT2D eigenvalue weighted by Crippen LogP contribution is 2.08. The Bertz CT molecular complexity index is 317. The second-order valence-electron chi connectivity index (χ2n) is 4.05. The molecule has 1 atom stereocenters. The molecule has 4 heteroatoms. The molecule has 0 bridgehead atoms. The molecular formula is C13H23N3O. The minimum absolute atomic E-state index is 0.473. The standard InChI is InChI=1S/C13H23N3O/c1-4-7-15-11(5-2)8-12-9-14-10-13(16-12)17-6-3/h9-11,15H,4-8H2,1-3H3. The molecule has 0 amide bonds. The van der Waals surface area contributed by atoms with Crippen LogP contribution in [0.3, 0.4) is 0 Å². The molecule has 0 saturated carbocycles. The van der Waals surface area contributed by atoms with Crippen LogP contribution in [0.5, 0.6) is 5.88 Å². The van der Waals surface area contributed by atoms with Gasteiger partial charge < -0.3 is 10.1 Å². The van der Waals surface area contributed by atoms with Gasteiger partial charge in [-0.1, -0.05) is 13.8 Å². The highest BCUT2D eigenvalue weighted by Gasteiger charge is 2.08. The largest absolute Gasteiger partial charge is 0.477 e. The quantitative estimate of drug-likeness (QED) is 0.753. The van der Waals surface area contributed by atoms with Crippen LogP contribution in [0.15, 0.2) is 12.4 Å². The molecule has 96 valence electrons. The maximum atomic E-state index is 5.35. The number of hydrogen-bond donors (Lipinski definition) is 1. The van der Waals surface area contributed by atoms with E-state index in [0.29, 0.717) is 18.5 Å². The van der Waals surface area contributed by atoms with E-state index in [9.17, 15) is 0 Å². The van der Waals surface area contributed by atoms with Crippen molar-refractivity contribution in [2.75, 3.05) is 13.2 Å². The van der Waals surface area contributed by atoms with E-state index in [1.807, 2.05) is 13.1 Å². The fourth-order valence-electron chi connectivity index (χ4n) is 1.66. The molecule has 0 radical (unpaired) electrons. The molecule has 17 heavy (non-hydrogen) atoms. The molecule has 4 nitrogen and oxygen atoms in total. The minimum atomic E-state index is 0.473. The third-order valence-corrected chi connectivity index (χ3v) is 2.59. The molecule has 1 unspecified atom stereocenters. The first-order chi connectivity index (χ1) is 8.30. The Morgan fingerprint density at radius 3 is 2.76 bits per heavy atom. The Kier molecular flexibility index (Phi) is 6.55. The maximum absolute atomic E-state index is 5.35. The van der Waals surface area contributed by atoms with E-state index < -0.39 is 0 Å². The summed E-state index contributed by atoms with van der Waals surface area (Å²) >= 11 is 0. The van der Waals surface area contributed by atoms with Gasteiger partial charge >= 0.3 is 0 Å². The predicted octanol–water partition coefficient (Wildman–Crippen LogP) is 2.20. The van der Waals surface area contributed by atoms with Crippen molar-refractivity contribution in [3.8, 4) is 5.88 Å². The van der Waals surface area contributed by atoms with Crippen LogP contribution < -0.4 is 10.1 Å². The van der Waals surface area contributed by atoms with Gasteiger partial charge in [0, 0.05) is 18.7 Å². The highest BCUT2D eigenvalue weighted by molar-refractivity contribution is 5.09. The van der Waals surface area contributed by atoms with E-state index in [-0.39, 0.29) is 0 Å². The Morgan fingerprint density at radius 2 is 2.12 bits per heavy atom. The molecule has 0 aliphatic heterocycles. The van der Waals surface area contributed by atoms with Gasteiger partial charge in [-0.05, 0) is 26.3 Å². The van der Waals surface area contributed by atoms with Gasteiger partial charge in [-0.15, -0.1) is 0 Å². The number of rotatable bonds is 8. The lowest BCUT2D eigenvalue weighted by molar-refractivity contribution is 0.323. The normalized spacial score (nSPS) is 12.4. The van der Waals surface area contributed by atoms with E-state index in [2.05, 4.69) is 29.1 Å². The minimum Gasteiger partial charge on any atom is -0.477 e. The second-order valence-corrected chi connectivity index (χ2v) is 4.05. The summed E-state index contributed by atoms with van der Waals surface area (Å²) in [4.78, 5) is 8.59. The van der Waals surface area contributed by atoms with Crippen molar-refractivity contribution in [1.82, 2.24) is 15.3 Å². The topological polar surface area (TPSA) is 47.0 Å². The first-order valence-corrected chi connectivity index (χ1v) is 6.47. The van der Waals surface area contributed by atoms with Gasteiger partial charge in [0.05, 0.1) is 18.5 Å². The molecule has 1 aromatic heterocycles. The SMILES string of the molecule is CCCNC(CC)Cc1cncc(OCC)n1. The Morgan fingerprint density at radius 1 is 1.29 bits per heavy atom. The third-order valence-electron chi connectivity index (χ3n) is 2.59. The highest BCUT2D eigenvalue weighted by atomic mass is 16.5. The number of nitrogens with zero attached hydrogens (tertiary/aromatic N) is 2. The zero-order valence-corrected chi connectivity index (χ0v) is 11.1. The summed E-state index contributed by atoms with van der Waals surface area (Å²) in [6.07, 6.45) is 6.64.